The van der Waals surface area contributed by atoms with E-state index in [4.69, 9.17) is 28.0 Å². The summed E-state index contributed by atoms with van der Waals surface area (Å²) in [5.74, 6) is -1.37. The minimum absolute atomic E-state index is 0.0253. The van der Waals surface area contributed by atoms with Crippen LogP contribution in [0.4, 0.5) is 5.69 Å². The first kappa shape index (κ1) is 35.5. The predicted molar refractivity (Wildman–Crippen MR) is 156 cm³/mol. The van der Waals surface area contributed by atoms with E-state index in [1.54, 1.807) is 23.6 Å². The average molecular weight is 555 g/mol. The first-order valence-electron chi connectivity index (χ1n) is 11.8. The number of rotatable bonds is 6. The van der Waals surface area contributed by atoms with E-state index < -0.39 is 5.97 Å². The second kappa shape index (κ2) is 21.6. The molecule has 0 saturated carbocycles. The number of amides is 1. The number of carboxylic acids is 1. The number of carbonyl (C=O) groups is 3. The van der Waals surface area contributed by atoms with Gasteiger partial charge in [-0.1, -0.05) is 108 Å². The van der Waals surface area contributed by atoms with Crippen LogP contribution in [0.25, 0.3) is 10.4 Å². The summed E-state index contributed by atoms with van der Waals surface area (Å²) in [5, 5.41) is 14.8. The van der Waals surface area contributed by atoms with Crippen LogP contribution in [0.1, 0.15) is 70.3 Å². The number of nitrogens with one attached hydrogen (secondary N) is 1. The first-order chi connectivity index (χ1) is 17.4. The van der Waals surface area contributed by atoms with Crippen molar-refractivity contribution in [2.24, 2.45) is 0 Å². The summed E-state index contributed by atoms with van der Waals surface area (Å²) in [6, 6.07) is 14.5. The van der Waals surface area contributed by atoms with Gasteiger partial charge in [-0.15, -0.1) is 11.3 Å². The van der Waals surface area contributed by atoms with Crippen LogP contribution in [0, 0.1) is 0 Å². The lowest BCUT2D eigenvalue weighted by atomic mass is 10.1. The zero-order chi connectivity index (χ0) is 28.1. The smallest absolute Gasteiger partial charge is 0.339 e. The Kier molecular flexibility index (Phi) is 21.3. The maximum absolute atomic E-state index is 12.3. The molecule has 3 rings (SSSR count). The largest absolute Gasteiger partial charge is 0.478 e. The van der Waals surface area contributed by atoms with Gasteiger partial charge in [0.15, 0.2) is 0 Å². The van der Waals surface area contributed by atoms with Crippen molar-refractivity contribution in [3.05, 3.63) is 75.1 Å². The van der Waals surface area contributed by atoms with Crippen LogP contribution in [-0.2, 0) is 16.0 Å². The Balaban J connectivity index is 0. The van der Waals surface area contributed by atoms with E-state index in [1.165, 1.54) is 17.8 Å². The minimum atomic E-state index is -1.13. The van der Waals surface area contributed by atoms with Gasteiger partial charge >= 0.3 is 5.97 Å². The maximum atomic E-state index is 12.3. The fraction of sp³-hybridized carbons (Fsp3) is 0.321. The number of halogens is 2. The van der Waals surface area contributed by atoms with Gasteiger partial charge in [0.1, 0.15) is 12.4 Å². The predicted octanol–water partition coefficient (Wildman–Crippen LogP) is 9.28. The highest BCUT2D eigenvalue weighted by Gasteiger charge is 2.22. The highest BCUT2D eigenvalue weighted by Crippen LogP contribution is 2.40. The Morgan fingerprint density at radius 2 is 1.53 bits per heavy atom. The monoisotopic (exact) mass is 553 g/mol. The summed E-state index contributed by atoms with van der Waals surface area (Å²) < 4.78 is 0. The quantitative estimate of drug-likeness (QED) is 0.318. The standard InChI is InChI=1S/C20H15Cl2NO3S.C3H8.2C2H6.CH2O/c21-13-7-8-14(15(22)10-13)19-18(20(25)26)16(11-27-19)23-17(24)9-6-12-4-2-1-3-5-12;1-3-2;3*1-2/h1-5,7-8,10-11H,6,9H2,(H,23,24)(H,25,26);3H2,1-2H3;2*1-2H3;1H2. The fourth-order valence-corrected chi connectivity index (χ4v) is 4.24. The first-order valence-corrected chi connectivity index (χ1v) is 13.4. The van der Waals surface area contributed by atoms with Crippen LogP contribution >= 0.6 is 34.5 Å². The SMILES string of the molecule is C=O.CC.CC.CCC.O=C(CCc1ccccc1)Nc1csc(-c2ccc(Cl)cc2Cl)c1C(=O)O. The number of carboxylic acid groups (broad SMARTS) is 1. The molecule has 2 aromatic carbocycles. The lowest BCUT2D eigenvalue weighted by Crippen LogP contribution is -2.14. The van der Waals surface area contributed by atoms with Crippen molar-refractivity contribution in [1.82, 2.24) is 0 Å². The number of aromatic carboxylic acids is 1. The van der Waals surface area contributed by atoms with E-state index in [-0.39, 0.29) is 23.6 Å². The van der Waals surface area contributed by atoms with Crippen LogP contribution < -0.4 is 5.32 Å². The molecule has 8 heteroatoms. The zero-order valence-electron chi connectivity index (χ0n) is 21.9. The molecule has 3 aromatic rings. The molecule has 5 nitrogen and oxygen atoms in total. The second-order valence-electron chi connectivity index (χ2n) is 6.52. The Labute approximate surface area is 229 Å². The molecule has 2 N–H and O–H groups in total. The summed E-state index contributed by atoms with van der Waals surface area (Å²) in [5.41, 5.74) is 1.90. The normalized spacial score (nSPS) is 8.89. The number of hydrogen-bond acceptors (Lipinski definition) is 4. The summed E-state index contributed by atoms with van der Waals surface area (Å²) in [6.45, 7) is 14.2. The molecule has 0 aliphatic rings. The second-order valence-corrected chi connectivity index (χ2v) is 8.25. The van der Waals surface area contributed by atoms with Crippen molar-refractivity contribution in [2.75, 3.05) is 5.32 Å². The topological polar surface area (TPSA) is 83.5 Å². The molecule has 0 atom stereocenters. The number of anilines is 1. The maximum Gasteiger partial charge on any atom is 0.339 e. The van der Waals surface area contributed by atoms with E-state index in [1.807, 2.05) is 64.8 Å². The van der Waals surface area contributed by atoms with Crippen molar-refractivity contribution in [3.8, 4) is 10.4 Å². The molecule has 0 bridgehead atoms. The number of benzene rings is 2. The molecule has 0 fully saturated rings. The van der Waals surface area contributed by atoms with E-state index in [0.29, 0.717) is 26.9 Å². The van der Waals surface area contributed by atoms with E-state index >= 15 is 0 Å². The number of aryl methyl sites for hydroxylation is 1. The molecule has 0 unspecified atom stereocenters. The minimum Gasteiger partial charge on any atom is -0.478 e. The number of hydrogen-bond donors (Lipinski definition) is 2. The molecule has 0 saturated heterocycles. The molecular weight excluding hydrogens is 517 g/mol. The molecule has 1 amide bonds. The Hall–Kier alpha value is -2.67. The lowest BCUT2D eigenvalue weighted by molar-refractivity contribution is -0.116. The van der Waals surface area contributed by atoms with Gasteiger partial charge in [-0.3, -0.25) is 4.79 Å². The molecule has 198 valence electrons. The van der Waals surface area contributed by atoms with Gasteiger partial charge in [-0.25, -0.2) is 4.79 Å². The van der Waals surface area contributed by atoms with Gasteiger partial charge < -0.3 is 15.2 Å². The fourth-order valence-electron chi connectivity index (χ4n) is 2.65. The van der Waals surface area contributed by atoms with Crippen LogP contribution in [-0.4, -0.2) is 23.8 Å². The average Bonchev–Trinajstić information content (AvgIpc) is 3.31. The summed E-state index contributed by atoms with van der Waals surface area (Å²) in [4.78, 5) is 32.6. The van der Waals surface area contributed by atoms with Crippen molar-refractivity contribution in [1.29, 1.82) is 0 Å². The number of thiophene rings is 1. The molecule has 1 heterocycles. The van der Waals surface area contributed by atoms with Gasteiger partial charge in [0.25, 0.3) is 0 Å². The van der Waals surface area contributed by atoms with E-state index in [2.05, 4.69) is 19.2 Å². The molecule has 0 aliphatic carbocycles. The summed E-state index contributed by atoms with van der Waals surface area (Å²) >= 11 is 13.3. The highest BCUT2D eigenvalue weighted by molar-refractivity contribution is 7.14. The van der Waals surface area contributed by atoms with Gasteiger partial charge in [0.2, 0.25) is 5.91 Å². The van der Waals surface area contributed by atoms with Gasteiger partial charge in [0.05, 0.1) is 15.6 Å². The Morgan fingerprint density at radius 3 is 2.03 bits per heavy atom. The summed E-state index contributed by atoms with van der Waals surface area (Å²) in [6.07, 6.45) is 2.09. The molecule has 0 spiro atoms. The Bertz CT molecular complexity index is 1020. The molecule has 0 aliphatic heterocycles. The van der Waals surface area contributed by atoms with Crippen LogP contribution in [0.2, 0.25) is 10.0 Å². The van der Waals surface area contributed by atoms with Crippen molar-refractivity contribution in [3.63, 3.8) is 0 Å². The zero-order valence-corrected chi connectivity index (χ0v) is 24.2. The third-order valence-electron chi connectivity index (χ3n) is 3.94. The van der Waals surface area contributed by atoms with Crippen LogP contribution in [0.5, 0.6) is 0 Å². The Morgan fingerprint density at radius 1 is 0.972 bits per heavy atom. The van der Waals surface area contributed by atoms with Crippen molar-refractivity contribution in [2.45, 2.75) is 60.8 Å². The van der Waals surface area contributed by atoms with Crippen molar-refractivity contribution < 1.29 is 19.5 Å². The van der Waals surface area contributed by atoms with E-state index in [0.717, 1.165) is 5.56 Å². The van der Waals surface area contributed by atoms with Crippen LogP contribution in [0.3, 0.4) is 0 Å². The van der Waals surface area contributed by atoms with Gasteiger partial charge in [-0.05, 0) is 24.1 Å². The molecular formula is C28H37Cl2NO4S. The van der Waals surface area contributed by atoms with Gasteiger partial charge in [0, 0.05) is 22.4 Å². The van der Waals surface area contributed by atoms with Gasteiger partial charge in [-0.2, -0.15) is 0 Å². The molecule has 36 heavy (non-hydrogen) atoms. The molecule has 0 radical (unpaired) electrons. The number of carbonyl (C=O) groups excluding carboxylic acids is 2. The van der Waals surface area contributed by atoms with Crippen molar-refractivity contribution >= 4 is 58.9 Å². The third kappa shape index (κ3) is 12.3. The van der Waals surface area contributed by atoms with Crippen LogP contribution in [0.15, 0.2) is 53.9 Å². The highest BCUT2D eigenvalue weighted by atomic mass is 35.5. The molecule has 1 aromatic heterocycles. The summed E-state index contributed by atoms with van der Waals surface area (Å²) in [7, 11) is 0. The lowest BCUT2D eigenvalue weighted by Gasteiger charge is -2.07. The van der Waals surface area contributed by atoms with E-state index in [9.17, 15) is 14.7 Å². The third-order valence-corrected chi connectivity index (χ3v) is 5.50.